The van der Waals surface area contributed by atoms with Crippen molar-refractivity contribution in [2.45, 2.75) is 159 Å². The largest absolute Gasteiger partial charge is 0.508 e. The number of aliphatic imine (C=N–C) groups is 3. The molecule has 0 bridgehead atoms. The van der Waals surface area contributed by atoms with Crippen LogP contribution in [0.1, 0.15) is 97.5 Å². The van der Waals surface area contributed by atoms with Gasteiger partial charge in [0.15, 0.2) is 17.9 Å². The summed E-state index contributed by atoms with van der Waals surface area (Å²) >= 11 is 1.35. The van der Waals surface area contributed by atoms with Gasteiger partial charge in [0.1, 0.15) is 60.1 Å². The highest BCUT2D eigenvalue weighted by atomic mass is 33.1. The van der Waals surface area contributed by atoms with E-state index in [1.807, 2.05) is 0 Å². The predicted octanol–water partition coefficient (Wildman–Crippen LogP) is -4.66. The van der Waals surface area contributed by atoms with Crippen LogP contribution in [0.15, 0.2) is 39.2 Å². The van der Waals surface area contributed by atoms with Crippen molar-refractivity contribution in [3.63, 3.8) is 0 Å². The van der Waals surface area contributed by atoms with Crippen LogP contribution in [-0.2, 0) is 59.2 Å². The number of carboxylic acid groups (broad SMARTS) is 1. The normalized spacial score (nSPS) is 23.6. The minimum atomic E-state index is -1.57. The summed E-state index contributed by atoms with van der Waals surface area (Å²) in [5.41, 5.74) is 39.8. The molecule has 0 radical (unpaired) electrons. The Balaban J connectivity index is 2.19. The zero-order valence-electron chi connectivity index (χ0n) is 52.6. The molecule has 10 atom stereocenters. The number of benzene rings is 1. The molecule has 0 saturated carbocycles. The minimum absolute atomic E-state index is 0.0114. The van der Waals surface area contributed by atoms with Crippen LogP contribution in [0, 0.1) is 11.8 Å². The topological polar surface area (TPSA) is 559 Å². The van der Waals surface area contributed by atoms with Gasteiger partial charge in [0, 0.05) is 44.1 Å². The number of nitrogens with two attached hydrogens (primary N) is 7. The van der Waals surface area contributed by atoms with Crippen molar-refractivity contribution >= 4 is 116 Å². The Kier molecular flexibility index (Phi) is 34.7. The zero-order valence-corrected chi connectivity index (χ0v) is 55.1. The average Bonchev–Trinajstić information content (AvgIpc) is 1.96. The number of phenols is 1. The van der Waals surface area contributed by atoms with E-state index in [1.54, 1.807) is 34.0 Å². The van der Waals surface area contributed by atoms with Gasteiger partial charge in [-0.2, -0.15) is 11.8 Å². The molecule has 0 unspecified atom stereocenters. The van der Waals surface area contributed by atoms with Gasteiger partial charge < -0.3 is 103 Å². The van der Waals surface area contributed by atoms with E-state index in [4.69, 9.17) is 40.1 Å². The maximum absolute atomic E-state index is 14.8. The molecule has 2 aliphatic heterocycles. The number of carbonyl (C=O) groups excluding carboxylic acids is 10. The summed E-state index contributed by atoms with van der Waals surface area (Å²) in [5, 5.41) is 44.3. The Morgan fingerprint density at radius 2 is 1.21 bits per heavy atom. The Bertz CT molecular complexity index is 2750. The number of thioether (sulfide) groups is 1. The zero-order chi connectivity index (χ0) is 68.6. The number of carbonyl (C=O) groups is 11. The van der Waals surface area contributed by atoms with Crippen LogP contribution >= 0.6 is 33.3 Å². The van der Waals surface area contributed by atoms with E-state index >= 15 is 0 Å². The number of guanidine groups is 3. The molecular formula is C56H94N20O13S3. The number of hydrogen-bond donors (Lipinski definition) is 18. The van der Waals surface area contributed by atoms with Crippen LogP contribution in [0.2, 0.25) is 0 Å². The Morgan fingerprint density at radius 3 is 1.79 bits per heavy atom. The number of aliphatic carboxylic acids is 1. The number of hydrogen-bond acceptors (Lipinski definition) is 19. The van der Waals surface area contributed by atoms with Crippen LogP contribution < -0.4 is 88.0 Å². The quantitative estimate of drug-likeness (QED) is 0.0212. The first-order valence-corrected chi connectivity index (χ1v) is 34.1. The number of carboxylic acids is 1. The number of aromatic hydroxyl groups is 1. The van der Waals surface area contributed by atoms with E-state index in [9.17, 15) is 63.0 Å². The predicted molar refractivity (Wildman–Crippen MR) is 353 cm³/mol. The van der Waals surface area contributed by atoms with Crippen LogP contribution in [0.4, 0.5) is 0 Å². The first-order valence-electron chi connectivity index (χ1n) is 30.2. The van der Waals surface area contributed by atoms with E-state index in [1.165, 1.54) is 40.9 Å². The second-order valence-electron chi connectivity index (χ2n) is 22.8. The number of fused-ring (bicyclic) bond motifs is 1. The smallest absolute Gasteiger partial charge is 0.327 e. The minimum Gasteiger partial charge on any atom is -0.508 e. The van der Waals surface area contributed by atoms with E-state index < -0.39 is 138 Å². The maximum atomic E-state index is 14.8. The molecule has 25 N–H and O–H groups in total. The average molecular weight is 1350 g/mol. The second kappa shape index (κ2) is 40.8. The van der Waals surface area contributed by atoms with Crippen molar-refractivity contribution in [1.29, 1.82) is 0 Å². The molecule has 0 aromatic heterocycles. The molecule has 10 amide bonds. The molecular weight excluding hydrogens is 1260 g/mol. The lowest BCUT2D eigenvalue weighted by Gasteiger charge is -2.31. The highest BCUT2D eigenvalue weighted by Crippen LogP contribution is 2.25. The van der Waals surface area contributed by atoms with Crippen molar-refractivity contribution in [3.8, 4) is 5.75 Å². The fourth-order valence-electron chi connectivity index (χ4n) is 9.51. The van der Waals surface area contributed by atoms with E-state index in [-0.39, 0.29) is 131 Å². The lowest BCUT2D eigenvalue weighted by atomic mass is 9.99. The van der Waals surface area contributed by atoms with Crippen LogP contribution in [0.25, 0.3) is 0 Å². The number of nitrogens with zero attached hydrogens (tertiary/aromatic N) is 4. The molecule has 2 heterocycles. The number of phenolic OH excluding ortho intramolecular Hbond substituents is 1. The van der Waals surface area contributed by atoms with Crippen molar-refractivity contribution in [2.24, 2.45) is 66.9 Å². The molecule has 3 rings (SSSR count). The van der Waals surface area contributed by atoms with Gasteiger partial charge in [-0.1, -0.05) is 61.4 Å². The Morgan fingerprint density at radius 1 is 0.663 bits per heavy atom. The summed E-state index contributed by atoms with van der Waals surface area (Å²) in [5.74, 6) is -11.5. The summed E-state index contributed by atoms with van der Waals surface area (Å²) in [6.45, 7) is 6.29. The van der Waals surface area contributed by atoms with Gasteiger partial charge in [0.2, 0.25) is 59.1 Å². The molecule has 1 aromatic rings. The Labute approximate surface area is 547 Å². The Hall–Kier alpha value is -7.99. The third kappa shape index (κ3) is 28.7. The molecule has 1 aromatic carbocycles. The number of rotatable bonds is 23. The van der Waals surface area contributed by atoms with Crippen LogP contribution in [0.3, 0.4) is 0 Å². The summed E-state index contributed by atoms with van der Waals surface area (Å²) in [6, 6.07) is -7.85. The molecule has 2 fully saturated rings. The molecule has 92 heavy (non-hydrogen) atoms. The molecule has 0 aliphatic carbocycles. The van der Waals surface area contributed by atoms with Gasteiger partial charge in [0.25, 0.3) is 0 Å². The lowest BCUT2D eigenvalue weighted by molar-refractivity contribution is -0.144. The van der Waals surface area contributed by atoms with Gasteiger partial charge in [-0.3, -0.25) is 62.9 Å². The third-order valence-corrected chi connectivity index (χ3v) is 17.4. The molecule has 33 nitrogen and oxygen atoms in total. The van der Waals surface area contributed by atoms with Gasteiger partial charge in [-0.15, -0.1) is 0 Å². The van der Waals surface area contributed by atoms with Gasteiger partial charge in [-0.25, -0.2) is 4.79 Å². The van der Waals surface area contributed by atoms with Crippen LogP contribution in [0.5, 0.6) is 5.75 Å². The number of nitrogens with one attached hydrogen (secondary N) is 9. The van der Waals surface area contributed by atoms with Crippen molar-refractivity contribution in [3.05, 3.63) is 29.8 Å². The standard InChI is InChI=1S/C56H94N20O13S3/c1-29(2)24-37-45(80)67-26-42(78)68-34(11-7-20-65-55(60)61)47(82)75-43(30(3)4)51(86)72-38(25-31-14-16-32(77)17-15-31)48(83)70-36(12-8-21-66-56(62)63)52(87)76-22-9-13-41(76)50(85)74-40(53(88)89)28-92-91-27-39(49(84)69-35(18-23-90-5)46(81)71-37)73-44(79)33(57)10-6-19-64-54(58)59/h14-17,29-30,33-41,43,77H,6-13,18-28,57H2,1-5H3,(H,67,80)(H,68,78)(H,69,84)(H,70,83)(H,71,81)(H,72,86)(H,73,79)(H,74,85)(H,75,82)(H,88,89)(H4,58,59,64)(H4,60,61,65)(H4,62,63,66)/t33-,34-,35-,36-,37-,38-,39-,40-,41-,43-/m0/s1. The lowest BCUT2D eigenvalue weighted by Crippen LogP contribution is -2.61. The SMILES string of the molecule is CSCC[C@@H]1NC(=O)[C@@H](NC(=O)[C@@H](N)CCCN=C(N)N)CSSC[C@@H](C(=O)O)NC(=O)[C@@H]2CCCN2C(=O)[C@H](CCCN=C(N)N)NC(=O)[C@H](Cc2ccc(O)cc2)NC(=O)[C@H](C(C)C)NC(=O)[C@H](CCCN=C(N)N)NC(=O)CNC(=O)[C@H](CC(C)C)NC1=O. The first-order chi connectivity index (χ1) is 43.5. The molecule has 2 aliphatic rings. The third-order valence-electron chi connectivity index (χ3n) is 14.4. The highest BCUT2D eigenvalue weighted by molar-refractivity contribution is 8.76. The van der Waals surface area contributed by atoms with Gasteiger partial charge in [0.05, 0.1) is 12.6 Å². The van der Waals surface area contributed by atoms with E-state index in [0.29, 0.717) is 17.7 Å². The first kappa shape index (κ1) is 78.3. The summed E-state index contributed by atoms with van der Waals surface area (Å²) in [6.07, 6.45) is 2.47. The fraction of sp³-hybridized carbons (Fsp3) is 0.643. The van der Waals surface area contributed by atoms with Crippen molar-refractivity contribution < 1.29 is 63.0 Å². The summed E-state index contributed by atoms with van der Waals surface area (Å²) in [4.78, 5) is 168. The van der Waals surface area contributed by atoms with Gasteiger partial charge >= 0.3 is 5.97 Å². The van der Waals surface area contributed by atoms with Crippen molar-refractivity contribution in [1.82, 2.24) is 52.8 Å². The fourth-order valence-corrected chi connectivity index (χ4v) is 12.3. The summed E-state index contributed by atoms with van der Waals surface area (Å²) < 4.78 is 0. The highest BCUT2D eigenvalue weighted by Gasteiger charge is 2.41. The molecule has 2 saturated heterocycles. The van der Waals surface area contributed by atoms with E-state index in [0.717, 1.165) is 21.6 Å². The van der Waals surface area contributed by atoms with Crippen molar-refractivity contribution in [2.75, 3.05) is 56.2 Å². The summed E-state index contributed by atoms with van der Waals surface area (Å²) in [7, 11) is 1.88. The monoisotopic (exact) mass is 1350 g/mol. The molecule has 36 heteroatoms. The van der Waals surface area contributed by atoms with Crippen LogP contribution in [-0.4, -0.2) is 215 Å². The molecule has 514 valence electrons. The van der Waals surface area contributed by atoms with E-state index in [2.05, 4.69) is 62.8 Å². The maximum Gasteiger partial charge on any atom is 0.327 e. The van der Waals surface area contributed by atoms with Gasteiger partial charge in [-0.05, 0) is 106 Å². The number of amides is 10. The second-order valence-corrected chi connectivity index (χ2v) is 26.3. The molecule has 0 spiro atoms.